The van der Waals surface area contributed by atoms with Crippen molar-refractivity contribution in [3.05, 3.63) is 29.8 Å². The SMILES string of the molecule is COc1ccc(C(=O)N[C@H]([NH2+]CCC[NH+](C)C)C(Cl)(Cl)Cl)cc1. The quantitative estimate of drug-likeness (QED) is 0.341. The van der Waals surface area contributed by atoms with Crippen molar-refractivity contribution in [1.29, 1.82) is 0 Å². The third-order valence-electron chi connectivity index (χ3n) is 3.27. The molecule has 0 fully saturated rings. The first-order valence-electron chi connectivity index (χ1n) is 7.38. The summed E-state index contributed by atoms with van der Waals surface area (Å²) in [5.74, 6) is 0.385. The lowest BCUT2D eigenvalue weighted by molar-refractivity contribution is -0.860. The molecule has 4 N–H and O–H groups in total. The molecule has 1 rings (SSSR count). The van der Waals surface area contributed by atoms with Crippen LogP contribution in [-0.4, -0.2) is 50.2 Å². The predicted molar refractivity (Wildman–Crippen MR) is 93.6 cm³/mol. The molecule has 130 valence electrons. The Balaban J connectivity index is 2.63. The Morgan fingerprint density at radius 3 is 2.39 bits per heavy atom. The number of nitrogens with two attached hydrogens (primary N) is 1. The number of ether oxygens (including phenoxy) is 1. The number of nitrogens with one attached hydrogen (secondary N) is 2. The summed E-state index contributed by atoms with van der Waals surface area (Å²) in [6, 6.07) is 6.75. The van der Waals surface area contributed by atoms with Gasteiger partial charge in [-0.2, -0.15) is 0 Å². The molecule has 1 atom stereocenters. The van der Waals surface area contributed by atoms with Crippen LogP contribution in [0.2, 0.25) is 0 Å². The minimum Gasteiger partial charge on any atom is -0.497 e. The van der Waals surface area contributed by atoms with Gasteiger partial charge in [0.05, 0.1) is 34.3 Å². The van der Waals surface area contributed by atoms with Gasteiger partial charge in [-0.15, -0.1) is 0 Å². The van der Waals surface area contributed by atoms with Crippen LogP contribution in [0.5, 0.6) is 5.75 Å². The number of quaternary nitrogens is 2. The molecule has 0 aliphatic carbocycles. The molecule has 0 bridgehead atoms. The van der Waals surface area contributed by atoms with Gasteiger partial charge in [-0.3, -0.25) is 10.1 Å². The molecular formula is C15H24Cl3N3O2+2. The number of benzene rings is 1. The van der Waals surface area contributed by atoms with Crippen LogP contribution in [0.3, 0.4) is 0 Å². The van der Waals surface area contributed by atoms with Gasteiger partial charge < -0.3 is 15.0 Å². The second-order valence-corrected chi connectivity index (χ2v) is 7.93. The molecule has 23 heavy (non-hydrogen) atoms. The number of hydrogen-bond acceptors (Lipinski definition) is 2. The summed E-state index contributed by atoms with van der Waals surface area (Å²) in [4.78, 5) is 13.6. The standard InChI is InChI=1S/C15H22Cl3N3O2/c1-21(2)10-4-9-19-14(15(16,17)18)20-13(22)11-5-7-12(23-3)8-6-11/h5-8,14,19H,4,9-10H2,1-3H3,(H,20,22)/p+2/t14-/m0/s1. The number of halogens is 3. The lowest BCUT2D eigenvalue weighted by Gasteiger charge is -2.23. The lowest BCUT2D eigenvalue weighted by Crippen LogP contribution is -3.06. The zero-order chi connectivity index (χ0) is 17.5. The average Bonchev–Trinajstić information content (AvgIpc) is 2.48. The van der Waals surface area contributed by atoms with Crippen LogP contribution >= 0.6 is 34.8 Å². The van der Waals surface area contributed by atoms with Crippen molar-refractivity contribution < 1.29 is 19.7 Å². The molecule has 0 saturated heterocycles. The highest BCUT2D eigenvalue weighted by atomic mass is 35.6. The molecule has 0 saturated carbocycles. The molecule has 0 aliphatic heterocycles. The van der Waals surface area contributed by atoms with E-state index >= 15 is 0 Å². The molecule has 1 amide bonds. The van der Waals surface area contributed by atoms with Crippen molar-refractivity contribution in [2.24, 2.45) is 0 Å². The summed E-state index contributed by atoms with van der Waals surface area (Å²) in [5.41, 5.74) is 0.483. The molecule has 0 aliphatic rings. The van der Waals surface area contributed by atoms with Crippen LogP contribution in [0.25, 0.3) is 0 Å². The third-order valence-corrected chi connectivity index (χ3v) is 3.98. The Labute approximate surface area is 152 Å². The summed E-state index contributed by atoms with van der Waals surface area (Å²) in [6.07, 6.45) is 0.303. The van der Waals surface area contributed by atoms with Crippen molar-refractivity contribution >= 4 is 40.7 Å². The van der Waals surface area contributed by atoms with E-state index in [1.165, 1.54) is 4.90 Å². The topological polar surface area (TPSA) is 59.4 Å². The van der Waals surface area contributed by atoms with Crippen LogP contribution in [0.4, 0.5) is 0 Å². The van der Waals surface area contributed by atoms with E-state index in [-0.39, 0.29) is 5.91 Å². The van der Waals surface area contributed by atoms with E-state index in [0.717, 1.165) is 19.5 Å². The van der Waals surface area contributed by atoms with Crippen molar-refractivity contribution in [2.45, 2.75) is 16.4 Å². The van der Waals surface area contributed by atoms with Gasteiger partial charge in [0.15, 0.2) is 0 Å². The van der Waals surface area contributed by atoms with Crippen LogP contribution < -0.4 is 20.3 Å². The number of amides is 1. The van der Waals surface area contributed by atoms with Crippen LogP contribution in [-0.2, 0) is 0 Å². The van der Waals surface area contributed by atoms with Gasteiger partial charge in [0, 0.05) is 12.0 Å². The molecular weight excluding hydrogens is 361 g/mol. The normalized spacial score (nSPS) is 13.0. The van der Waals surface area contributed by atoms with Gasteiger partial charge in [0.1, 0.15) is 5.75 Å². The number of rotatable bonds is 8. The largest absolute Gasteiger partial charge is 0.497 e. The fraction of sp³-hybridized carbons (Fsp3) is 0.533. The maximum Gasteiger partial charge on any atom is 0.262 e. The van der Waals surface area contributed by atoms with Crippen LogP contribution in [0.15, 0.2) is 24.3 Å². The molecule has 0 aromatic heterocycles. The van der Waals surface area contributed by atoms with Crippen LogP contribution in [0.1, 0.15) is 16.8 Å². The smallest absolute Gasteiger partial charge is 0.262 e. The highest BCUT2D eigenvalue weighted by Gasteiger charge is 2.37. The number of methoxy groups -OCH3 is 1. The van der Waals surface area contributed by atoms with Crippen molar-refractivity contribution in [3.8, 4) is 5.75 Å². The Hall–Kier alpha value is -0.720. The molecule has 1 aromatic carbocycles. The van der Waals surface area contributed by atoms with E-state index in [4.69, 9.17) is 39.5 Å². The number of hydrogen-bond donors (Lipinski definition) is 3. The average molecular weight is 385 g/mol. The van der Waals surface area contributed by atoms with E-state index in [1.54, 1.807) is 31.4 Å². The molecule has 0 heterocycles. The maximum atomic E-state index is 12.3. The van der Waals surface area contributed by atoms with Crippen molar-refractivity contribution in [3.63, 3.8) is 0 Å². The van der Waals surface area contributed by atoms with Crippen molar-refractivity contribution in [1.82, 2.24) is 5.32 Å². The predicted octanol–water partition coefficient (Wildman–Crippen LogP) is 0.219. The van der Waals surface area contributed by atoms with Crippen LogP contribution in [0, 0.1) is 0 Å². The molecule has 5 nitrogen and oxygen atoms in total. The first-order valence-corrected chi connectivity index (χ1v) is 8.51. The minimum absolute atomic E-state index is 0.293. The van der Waals surface area contributed by atoms with Gasteiger partial charge in [-0.05, 0) is 24.3 Å². The fourth-order valence-electron chi connectivity index (χ4n) is 1.98. The second kappa shape index (κ2) is 9.55. The minimum atomic E-state index is -1.59. The summed E-state index contributed by atoms with van der Waals surface area (Å²) in [5, 5.41) is 4.61. The number of carbonyl (C=O) groups excluding carboxylic acids is 1. The van der Waals surface area contributed by atoms with Gasteiger partial charge in [0.2, 0.25) is 6.17 Å². The van der Waals surface area contributed by atoms with E-state index in [1.807, 2.05) is 5.32 Å². The Kier molecular flexibility index (Phi) is 8.44. The maximum absolute atomic E-state index is 12.3. The molecule has 0 unspecified atom stereocenters. The molecule has 1 aromatic rings. The van der Waals surface area contributed by atoms with E-state index in [9.17, 15) is 4.79 Å². The van der Waals surface area contributed by atoms with E-state index < -0.39 is 9.96 Å². The third kappa shape index (κ3) is 7.59. The number of alkyl halides is 3. The highest BCUT2D eigenvalue weighted by Crippen LogP contribution is 2.27. The van der Waals surface area contributed by atoms with Gasteiger partial charge in [-0.25, -0.2) is 0 Å². The first-order chi connectivity index (χ1) is 10.7. The summed E-state index contributed by atoms with van der Waals surface area (Å²) >= 11 is 17.9. The summed E-state index contributed by atoms with van der Waals surface area (Å²) in [6.45, 7) is 1.77. The van der Waals surface area contributed by atoms with Gasteiger partial charge >= 0.3 is 0 Å². The fourth-order valence-corrected chi connectivity index (χ4v) is 2.41. The van der Waals surface area contributed by atoms with Crippen molar-refractivity contribution in [2.75, 3.05) is 34.3 Å². The second-order valence-electron chi connectivity index (χ2n) is 5.56. The van der Waals surface area contributed by atoms with Gasteiger partial charge in [-0.1, -0.05) is 34.8 Å². The molecule has 8 heteroatoms. The summed E-state index contributed by atoms with van der Waals surface area (Å²) < 4.78 is 3.48. The zero-order valence-corrected chi connectivity index (χ0v) is 15.8. The number of carbonyl (C=O) groups is 1. The summed E-state index contributed by atoms with van der Waals surface area (Å²) in [7, 11) is 5.73. The first kappa shape index (κ1) is 20.3. The Bertz CT molecular complexity index is 490. The molecule has 0 spiro atoms. The monoisotopic (exact) mass is 383 g/mol. The lowest BCUT2D eigenvalue weighted by atomic mass is 10.2. The molecule has 0 radical (unpaired) electrons. The Morgan fingerprint density at radius 2 is 1.91 bits per heavy atom. The van der Waals surface area contributed by atoms with Gasteiger partial charge in [0.25, 0.3) is 9.70 Å². The highest BCUT2D eigenvalue weighted by molar-refractivity contribution is 6.68. The zero-order valence-electron chi connectivity index (χ0n) is 13.5. The Morgan fingerprint density at radius 1 is 1.30 bits per heavy atom. The van der Waals surface area contributed by atoms with E-state index in [0.29, 0.717) is 11.3 Å². The van der Waals surface area contributed by atoms with E-state index in [2.05, 4.69) is 19.4 Å².